The molecule has 0 saturated heterocycles. The standard InChI is InChI=1S/C21H18N2O7/c1-29-13-8-7-10(9-14(13)30-2)11-5-3-4-6-12(11)15-16(20(25)26)18(22)23-19(24)17(15)21(27)28/h3-9H,1-2H3,(H,25,26)(H,27,28)(H3,22,23,24). The van der Waals surface area contributed by atoms with Crippen molar-refractivity contribution in [3.63, 3.8) is 0 Å². The third-order valence-corrected chi connectivity index (χ3v) is 4.56. The Kier molecular flexibility index (Phi) is 5.45. The topological polar surface area (TPSA) is 152 Å². The zero-order chi connectivity index (χ0) is 22.0. The number of aromatic amines is 1. The van der Waals surface area contributed by atoms with Crippen molar-refractivity contribution in [2.45, 2.75) is 0 Å². The lowest BCUT2D eigenvalue weighted by atomic mass is 9.89. The number of H-pyrrole nitrogens is 1. The fourth-order valence-electron chi connectivity index (χ4n) is 3.27. The number of aromatic nitrogens is 1. The van der Waals surface area contributed by atoms with Crippen LogP contribution in [0.4, 0.5) is 5.82 Å². The van der Waals surface area contributed by atoms with Gasteiger partial charge in [0, 0.05) is 5.56 Å². The van der Waals surface area contributed by atoms with Gasteiger partial charge in [-0.05, 0) is 28.8 Å². The predicted molar refractivity (Wildman–Crippen MR) is 109 cm³/mol. The number of nitrogens with two attached hydrogens (primary N) is 1. The van der Waals surface area contributed by atoms with E-state index >= 15 is 0 Å². The Labute approximate surface area is 170 Å². The molecule has 0 radical (unpaired) electrons. The van der Waals surface area contributed by atoms with Crippen LogP contribution in [0.2, 0.25) is 0 Å². The molecule has 9 heteroatoms. The number of carboxylic acids is 2. The molecule has 1 heterocycles. The lowest BCUT2D eigenvalue weighted by molar-refractivity contribution is 0.0695. The minimum Gasteiger partial charge on any atom is -0.493 e. The van der Waals surface area contributed by atoms with E-state index in [1.165, 1.54) is 20.3 Å². The molecule has 0 spiro atoms. The van der Waals surface area contributed by atoms with Crippen LogP contribution in [-0.2, 0) is 0 Å². The van der Waals surface area contributed by atoms with E-state index < -0.39 is 34.4 Å². The number of benzene rings is 2. The van der Waals surface area contributed by atoms with Gasteiger partial charge in [-0.15, -0.1) is 0 Å². The number of carboxylic acid groups (broad SMARTS) is 2. The summed E-state index contributed by atoms with van der Waals surface area (Å²) in [6.45, 7) is 0. The molecule has 0 fully saturated rings. The van der Waals surface area contributed by atoms with Gasteiger partial charge in [-0.25, -0.2) is 9.59 Å². The summed E-state index contributed by atoms with van der Waals surface area (Å²) in [7, 11) is 2.96. The third-order valence-electron chi connectivity index (χ3n) is 4.56. The molecule has 0 saturated carbocycles. The van der Waals surface area contributed by atoms with Crippen molar-refractivity contribution in [1.29, 1.82) is 0 Å². The van der Waals surface area contributed by atoms with Crippen LogP contribution < -0.4 is 20.8 Å². The van der Waals surface area contributed by atoms with Gasteiger partial charge in [-0.1, -0.05) is 30.3 Å². The highest BCUT2D eigenvalue weighted by Crippen LogP contribution is 2.39. The smallest absolute Gasteiger partial charge is 0.342 e. The molecule has 154 valence electrons. The van der Waals surface area contributed by atoms with Gasteiger partial charge in [0.25, 0.3) is 5.56 Å². The fourth-order valence-corrected chi connectivity index (χ4v) is 3.27. The number of nitrogens with one attached hydrogen (secondary N) is 1. The highest BCUT2D eigenvalue weighted by atomic mass is 16.5. The Morgan fingerprint density at radius 3 is 2.07 bits per heavy atom. The first-order valence-corrected chi connectivity index (χ1v) is 8.64. The average molecular weight is 410 g/mol. The summed E-state index contributed by atoms with van der Waals surface area (Å²) < 4.78 is 10.6. The number of nitrogen functional groups attached to an aromatic ring is 1. The Hall–Kier alpha value is -4.27. The van der Waals surface area contributed by atoms with E-state index in [1.807, 2.05) is 0 Å². The molecule has 5 N–H and O–H groups in total. The molecular formula is C21H18N2O7. The number of anilines is 1. The number of carbonyl (C=O) groups is 2. The zero-order valence-electron chi connectivity index (χ0n) is 16.1. The van der Waals surface area contributed by atoms with Gasteiger partial charge in [0.05, 0.1) is 14.2 Å². The van der Waals surface area contributed by atoms with Crippen molar-refractivity contribution >= 4 is 17.8 Å². The van der Waals surface area contributed by atoms with Gasteiger partial charge in [-0.3, -0.25) is 4.79 Å². The molecule has 0 aliphatic rings. The van der Waals surface area contributed by atoms with Gasteiger partial charge in [0.2, 0.25) is 0 Å². The van der Waals surface area contributed by atoms with E-state index in [-0.39, 0.29) is 11.1 Å². The van der Waals surface area contributed by atoms with Crippen molar-refractivity contribution in [2.75, 3.05) is 20.0 Å². The molecule has 3 rings (SSSR count). The molecule has 30 heavy (non-hydrogen) atoms. The summed E-state index contributed by atoms with van der Waals surface area (Å²) >= 11 is 0. The molecule has 2 aromatic carbocycles. The number of hydrogen-bond donors (Lipinski definition) is 4. The largest absolute Gasteiger partial charge is 0.493 e. The minimum atomic E-state index is -1.57. The summed E-state index contributed by atoms with van der Waals surface area (Å²) in [5.41, 5.74) is 4.54. The van der Waals surface area contributed by atoms with Crippen molar-refractivity contribution in [2.24, 2.45) is 0 Å². The van der Waals surface area contributed by atoms with Crippen LogP contribution in [0.5, 0.6) is 11.5 Å². The van der Waals surface area contributed by atoms with Gasteiger partial charge in [0.1, 0.15) is 16.9 Å². The summed E-state index contributed by atoms with van der Waals surface area (Å²) in [5, 5.41) is 19.3. The van der Waals surface area contributed by atoms with Crippen LogP contribution in [0.1, 0.15) is 20.7 Å². The molecule has 1 aromatic heterocycles. The quantitative estimate of drug-likeness (QED) is 0.484. The number of rotatable bonds is 6. The molecule has 0 amide bonds. The lowest BCUT2D eigenvalue weighted by Gasteiger charge is -2.17. The van der Waals surface area contributed by atoms with Crippen molar-refractivity contribution in [1.82, 2.24) is 4.98 Å². The number of aromatic carboxylic acids is 2. The van der Waals surface area contributed by atoms with E-state index in [4.69, 9.17) is 15.2 Å². The first kappa shape index (κ1) is 20.5. The molecule has 0 unspecified atom stereocenters. The summed E-state index contributed by atoms with van der Waals surface area (Å²) in [4.78, 5) is 38.2. The second kappa shape index (κ2) is 8.00. The Morgan fingerprint density at radius 2 is 1.50 bits per heavy atom. The number of hydrogen-bond acceptors (Lipinski definition) is 6. The summed E-state index contributed by atoms with van der Waals surface area (Å²) in [6.07, 6.45) is 0. The van der Waals surface area contributed by atoms with E-state index in [0.717, 1.165) is 0 Å². The van der Waals surface area contributed by atoms with Crippen molar-refractivity contribution in [3.05, 3.63) is 63.9 Å². The van der Waals surface area contributed by atoms with E-state index in [1.54, 1.807) is 36.4 Å². The second-order valence-corrected chi connectivity index (χ2v) is 6.22. The molecular weight excluding hydrogens is 392 g/mol. The van der Waals surface area contributed by atoms with E-state index in [2.05, 4.69) is 4.98 Å². The van der Waals surface area contributed by atoms with Crippen LogP contribution in [0.25, 0.3) is 22.3 Å². The van der Waals surface area contributed by atoms with Crippen LogP contribution in [0, 0.1) is 0 Å². The van der Waals surface area contributed by atoms with E-state index in [0.29, 0.717) is 22.6 Å². The molecule has 0 aliphatic heterocycles. The third kappa shape index (κ3) is 3.44. The fraction of sp³-hybridized carbons (Fsp3) is 0.0952. The van der Waals surface area contributed by atoms with Gasteiger partial charge >= 0.3 is 11.9 Å². The highest BCUT2D eigenvalue weighted by molar-refractivity contribution is 6.09. The first-order valence-electron chi connectivity index (χ1n) is 8.64. The molecule has 9 nitrogen and oxygen atoms in total. The zero-order valence-corrected chi connectivity index (χ0v) is 16.1. The monoisotopic (exact) mass is 410 g/mol. The Balaban J connectivity index is 2.42. The van der Waals surface area contributed by atoms with Crippen molar-refractivity contribution < 1.29 is 29.3 Å². The Morgan fingerprint density at radius 1 is 0.900 bits per heavy atom. The maximum atomic E-state index is 12.3. The number of pyridine rings is 1. The SMILES string of the molecule is COc1ccc(-c2ccccc2-c2c(C(=O)O)c(N)[nH]c(=O)c2C(=O)O)cc1OC. The lowest BCUT2D eigenvalue weighted by Crippen LogP contribution is -2.24. The van der Waals surface area contributed by atoms with Crippen LogP contribution in [0.15, 0.2) is 47.3 Å². The number of methoxy groups -OCH3 is 2. The summed E-state index contributed by atoms with van der Waals surface area (Å²) in [6, 6.07) is 11.5. The van der Waals surface area contributed by atoms with Crippen molar-refractivity contribution in [3.8, 4) is 33.8 Å². The predicted octanol–water partition coefficient (Wildman–Crippen LogP) is 2.70. The molecule has 0 atom stereocenters. The van der Waals surface area contributed by atoms with E-state index in [9.17, 15) is 24.6 Å². The average Bonchev–Trinajstić information content (AvgIpc) is 2.71. The van der Waals surface area contributed by atoms with Gasteiger partial charge in [0.15, 0.2) is 11.5 Å². The summed E-state index contributed by atoms with van der Waals surface area (Å²) in [5.74, 6) is -2.57. The highest BCUT2D eigenvalue weighted by Gasteiger charge is 2.28. The van der Waals surface area contributed by atoms with Gasteiger partial charge < -0.3 is 30.4 Å². The second-order valence-electron chi connectivity index (χ2n) is 6.22. The molecule has 3 aromatic rings. The van der Waals surface area contributed by atoms with Crippen LogP contribution >= 0.6 is 0 Å². The maximum absolute atomic E-state index is 12.3. The number of ether oxygens (including phenoxy) is 2. The minimum absolute atomic E-state index is 0.220. The molecule has 0 bridgehead atoms. The Bertz CT molecular complexity index is 1210. The molecule has 0 aliphatic carbocycles. The van der Waals surface area contributed by atoms with Crippen LogP contribution in [-0.4, -0.2) is 41.4 Å². The maximum Gasteiger partial charge on any atom is 0.342 e. The first-order chi connectivity index (χ1) is 14.3. The van der Waals surface area contributed by atoms with Gasteiger partial charge in [-0.2, -0.15) is 0 Å². The normalized spacial score (nSPS) is 10.5. The van der Waals surface area contributed by atoms with Crippen LogP contribution in [0.3, 0.4) is 0 Å².